The van der Waals surface area contributed by atoms with Crippen molar-refractivity contribution >= 4 is 29.9 Å². The van der Waals surface area contributed by atoms with Crippen LogP contribution in [0.25, 0.3) is 0 Å². The molecule has 1 atom stereocenters. The van der Waals surface area contributed by atoms with E-state index in [9.17, 15) is 0 Å². The summed E-state index contributed by atoms with van der Waals surface area (Å²) in [6.45, 7) is 8.82. The molecule has 0 spiro atoms. The summed E-state index contributed by atoms with van der Waals surface area (Å²) in [6, 6.07) is 10.9. The minimum Gasteiger partial charge on any atom is -0.355 e. The van der Waals surface area contributed by atoms with Gasteiger partial charge < -0.3 is 15.2 Å². The van der Waals surface area contributed by atoms with E-state index < -0.39 is 0 Å². The summed E-state index contributed by atoms with van der Waals surface area (Å²) in [4.78, 5) is 4.72. The molecule has 0 amide bonds. The summed E-state index contributed by atoms with van der Waals surface area (Å²) >= 11 is 0. The number of rotatable bonds is 9. The van der Waals surface area contributed by atoms with E-state index in [4.69, 9.17) is 4.99 Å². The van der Waals surface area contributed by atoms with Gasteiger partial charge in [-0.2, -0.15) is 0 Å². The molecule has 0 fully saturated rings. The fourth-order valence-electron chi connectivity index (χ4n) is 2.46. The lowest BCUT2D eigenvalue weighted by Gasteiger charge is -2.17. The maximum absolute atomic E-state index is 4.72. The zero-order valence-electron chi connectivity index (χ0n) is 16.0. The average Bonchev–Trinajstić information content (AvgIpc) is 3.09. The van der Waals surface area contributed by atoms with E-state index in [1.807, 2.05) is 6.07 Å². The van der Waals surface area contributed by atoms with E-state index in [1.54, 1.807) is 6.33 Å². The first kappa shape index (κ1) is 22.4. The van der Waals surface area contributed by atoms with Crippen molar-refractivity contribution in [1.29, 1.82) is 0 Å². The molecule has 0 bridgehead atoms. The van der Waals surface area contributed by atoms with Crippen LogP contribution in [0.1, 0.15) is 38.6 Å². The standard InChI is InChI=1S/C19H30N6.HI/c1-4-16(3)23-19(20-12-11-17-9-7-6-8-10-17)21-13-14-25-15-22-24-18(25)5-2;/h6-10,15-16H,4-5,11-14H2,1-3H3,(H2,20,21,23);1H. The van der Waals surface area contributed by atoms with Gasteiger partial charge in [-0.15, -0.1) is 34.2 Å². The third-order valence-electron chi connectivity index (χ3n) is 4.17. The van der Waals surface area contributed by atoms with Gasteiger partial charge in [0.1, 0.15) is 12.2 Å². The highest BCUT2D eigenvalue weighted by Crippen LogP contribution is 2.00. The van der Waals surface area contributed by atoms with E-state index in [0.29, 0.717) is 6.04 Å². The minimum absolute atomic E-state index is 0. The first-order valence-electron chi connectivity index (χ1n) is 9.18. The molecule has 1 unspecified atom stereocenters. The first-order valence-corrected chi connectivity index (χ1v) is 9.18. The van der Waals surface area contributed by atoms with Crippen molar-refractivity contribution in [3.8, 4) is 0 Å². The highest BCUT2D eigenvalue weighted by Gasteiger charge is 2.05. The first-order chi connectivity index (χ1) is 12.2. The van der Waals surface area contributed by atoms with Gasteiger partial charge in [-0.25, -0.2) is 0 Å². The van der Waals surface area contributed by atoms with Crippen LogP contribution in [0.5, 0.6) is 0 Å². The second-order valence-corrected chi connectivity index (χ2v) is 6.14. The molecule has 0 saturated heterocycles. The Balaban J connectivity index is 0.00000338. The molecular weight excluding hydrogens is 439 g/mol. The molecule has 2 N–H and O–H groups in total. The molecule has 0 aliphatic rings. The molecule has 1 heterocycles. The molecule has 0 aliphatic heterocycles. The van der Waals surface area contributed by atoms with Crippen molar-refractivity contribution in [3.05, 3.63) is 48.0 Å². The van der Waals surface area contributed by atoms with Crippen LogP contribution >= 0.6 is 24.0 Å². The van der Waals surface area contributed by atoms with Crippen molar-refractivity contribution < 1.29 is 0 Å². The molecule has 0 aliphatic carbocycles. The number of hydrogen-bond acceptors (Lipinski definition) is 3. The molecule has 2 rings (SSSR count). The predicted molar refractivity (Wildman–Crippen MR) is 118 cm³/mol. The van der Waals surface area contributed by atoms with Crippen LogP contribution in [-0.4, -0.2) is 39.9 Å². The van der Waals surface area contributed by atoms with Crippen LogP contribution in [0.2, 0.25) is 0 Å². The Morgan fingerprint density at radius 1 is 1.23 bits per heavy atom. The number of aryl methyl sites for hydroxylation is 1. The molecule has 144 valence electrons. The Bertz CT molecular complexity index is 640. The third kappa shape index (κ3) is 7.72. The lowest BCUT2D eigenvalue weighted by atomic mass is 10.2. The normalized spacial score (nSPS) is 12.3. The predicted octanol–water partition coefficient (Wildman–Crippen LogP) is 3.03. The molecule has 1 aromatic heterocycles. The highest BCUT2D eigenvalue weighted by atomic mass is 127. The highest BCUT2D eigenvalue weighted by molar-refractivity contribution is 14.0. The summed E-state index contributed by atoms with van der Waals surface area (Å²) in [5.41, 5.74) is 1.31. The van der Waals surface area contributed by atoms with E-state index in [-0.39, 0.29) is 24.0 Å². The monoisotopic (exact) mass is 470 g/mol. The van der Waals surface area contributed by atoms with Crippen molar-refractivity contribution in [2.24, 2.45) is 4.99 Å². The zero-order chi connectivity index (χ0) is 17.9. The Morgan fingerprint density at radius 2 is 2.00 bits per heavy atom. The van der Waals surface area contributed by atoms with Crippen LogP contribution in [0, 0.1) is 0 Å². The van der Waals surface area contributed by atoms with E-state index in [2.05, 4.69) is 70.4 Å². The number of hydrogen-bond donors (Lipinski definition) is 2. The fraction of sp³-hybridized carbons (Fsp3) is 0.526. The van der Waals surface area contributed by atoms with Crippen LogP contribution in [0.15, 0.2) is 41.7 Å². The number of guanidine groups is 1. The SMILES string of the molecule is CCc1nncn1CCNC(=NCCc1ccccc1)NC(C)CC.I. The average molecular weight is 470 g/mol. The molecule has 1 aromatic carbocycles. The maximum Gasteiger partial charge on any atom is 0.191 e. The van der Waals surface area contributed by atoms with Gasteiger partial charge in [0.2, 0.25) is 0 Å². The largest absolute Gasteiger partial charge is 0.355 e. The fourth-order valence-corrected chi connectivity index (χ4v) is 2.46. The Labute approximate surface area is 173 Å². The molecule has 0 saturated carbocycles. The van der Waals surface area contributed by atoms with E-state index in [1.165, 1.54) is 5.56 Å². The van der Waals surface area contributed by atoms with Gasteiger partial charge in [0, 0.05) is 32.1 Å². The zero-order valence-corrected chi connectivity index (χ0v) is 18.3. The summed E-state index contributed by atoms with van der Waals surface area (Å²) < 4.78 is 2.08. The minimum atomic E-state index is 0. The Morgan fingerprint density at radius 3 is 2.69 bits per heavy atom. The summed E-state index contributed by atoms with van der Waals surface area (Å²) in [5, 5.41) is 15.0. The lowest BCUT2D eigenvalue weighted by Crippen LogP contribution is -2.43. The van der Waals surface area contributed by atoms with Gasteiger partial charge in [0.25, 0.3) is 0 Å². The quantitative estimate of drug-likeness (QED) is 0.336. The van der Waals surface area contributed by atoms with Gasteiger partial charge in [-0.1, -0.05) is 44.2 Å². The van der Waals surface area contributed by atoms with Gasteiger partial charge in [-0.3, -0.25) is 4.99 Å². The van der Waals surface area contributed by atoms with Crippen LogP contribution in [0.3, 0.4) is 0 Å². The third-order valence-corrected chi connectivity index (χ3v) is 4.17. The van der Waals surface area contributed by atoms with Gasteiger partial charge in [-0.05, 0) is 25.3 Å². The number of benzene rings is 1. The van der Waals surface area contributed by atoms with Crippen LogP contribution in [-0.2, 0) is 19.4 Å². The van der Waals surface area contributed by atoms with Crippen molar-refractivity contribution in [1.82, 2.24) is 25.4 Å². The number of aliphatic imine (C=N–C) groups is 1. The van der Waals surface area contributed by atoms with Gasteiger partial charge in [0.05, 0.1) is 0 Å². The van der Waals surface area contributed by atoms with Gasteiger partial charge in [0.15, 0.2) is 5.96 Å². The summed E-state index contributed by atoms with van der Waals surface area (Å²) in [6.07, 6.45) is 4.68. The van der Waals surface area contributed by atoms with Gasteiger partial charge >= 0.3 is 0 Å². The summed E-state index contributed by atoms with van der Waals surface area (Å²) in [7, 11) is 0. The molecule has 0 radical (unpaired) electrons. The molecule has 7 heteroatoms. The van der Waals surface area contributed by atoms with E-state index in [0.717, 1.165) is 50.7 Å². The number of nitrogens with one attached hydrogen (secondary N) is 2. The van der Waals surface area contributed by atoms with Crippen molar-refractivity contribution in [2.75, 3.05) is 13.1 Å². The second-order valence-electron chi connectivity index (χ2n) is 6.14. The van der Waals surface area contributed by atoms with Crippen molar-refractivity contribution in [3.63, 3.8) is 0 Å². The Kier molecular flexibility index (Phi) is 10.9. The molecule has 6 nitrogen and oxygen atoms in total. The number of halogens is 1. The van der Waals surface area contributed by atoms with Crippen LogP contribution in [0.4, 0.5) is 0 Å². The summed E-state index contributed by atoms with van der Waals surface area (Å²) in [5.74, 6) is 1.88. The molecule has 26 heavy (non-hydrogen) atoms. The van der Waals surface area contributed by atoms with Crippen molar-refractivity contribution in [2.45, 2.75) is 52.6 Å². The molecule has 2 aromatic rings. The maximum atomic E-state index is 4.72. The second kappa shape index (κ2) is 12.7. The number of nitrogens with zero attached hydrogens (tertiary/aromatic N) is 4. The topological polar surface area (TPSA) is 67.1 Å². The lowest BCUT2D eigenvalue weighted by molar-refractivity contribution is 0.599. The van der Waals surface area contributed by atoms with E-state index >= 15 is 0 Å². The molecular formula is C19H31IN6. The van der Waals surface area contributed by atoms with Crippen LogP contribution < -0.4 is 10.6 Å². The smallest absolute Gasteiger partial charge is 0.191 e. The Hall–Kier alpha value is -1.64. The number of aromatic nitrogens is 3.